The quantitative estimate of drug-likeness (QED) is 0.503. The summed E-state index contributed by atoms with van der Waals surface area (Å²) in [7, 11) is 3.54. The van der Waals surface area contributed by atoms with Crippen molar-refractivity contribution in [2.45, 2.75) is 33.1 Å². The van der Waals surface area contributed by atoms with Crippen LogP contribution in [0.25, 0.3) is 0 Å². The molecule has 2 aliphatic rings. The van der Waals surface area contributed by atoms with E-state index in [2.05, 4.69) is 80.4 Å². The molecule has 2 heterocycles. The molecule has 0 spiro atoms. The smallest absolute Gasteiger partial charge is 0.174 e. The molecule has 6 nitrogen and oxygen atoms in total. The normalized spacial score (nSPS) is 23.8. The average Bonchev–Trinajstić information content (AvgIpc) is 3.21. The molecule has 0 unspecified atom stereocenters. The topological polar surface area (TPSA) is 43.7 Å². The number of hydrazone groups is 1. The molecule has 0 aliphatic carbocycles. The van der Waals surface area contributed by atoms with Crippen molar-refractivity contribution in [3.05, 3.63) is 65.1 Å². The van der Waals surface area contributed by atoms with Gasteiger partial charge in [-0.2, -0.15) is 5.10 Å². The van der Waals surface area contributed by atoms with Crippen molar-refractivity contribution in [1.29, 1.82) is 0 Å². The Hall–Kier alpha value is -2.56. The predicted octanol–water partition coefficient (Wildman–Crippen LogP) is 6.27. The highest BCUT2D eigenvalue weighted by Crippen LogP contribution is 2.69. The van der Waals surface area contributed by atoms with Gasteiger partial charge in [0.25, 0.3) is 0 Å². The fraction of sp³-hybridized carbons (Fsp3) is 0.400. The van der Waals surface area contributed by atoms with Crippen LogP contribution in [-0.4, -0.2) is 50.0 Å². The van der Waals surface area contributed by atoms with Crippen molar-refractivity contribution in [2.24, 2.45) is 9.85 Å². The molecule has 2 aliphatic heterocycles. The maximum atomic E-state index is 5.68. The highest BCUT2D eigenvalue weighted by molar-refractivity contribution is 7.67. The van der Waals surface area contributed by atoms with Gasteiger partial charge in [0.2, 0.25) is 0 Å². The predicted molar refractivity (Wildman–Crippen MR) is 136 cm³/mol. The molecule has 0 bridgehead atoms. The molecule has 0 saturated carbocycles. The average molecular weight is 452 g/mol. The number of fused-ring (bicyclic) bond motifs is 1. The Morgan fingerprint density at radius 1 is 1.03 bits per heavy atom. The number of nitrogens with zero attached hydrogens (tertiary/aromatic N) is 5. The lowest BCUT2D eigenvalue weighted by molar-refractivity contribution is 0.415. The summed E-state index contributed by atoms with van der Waals surface area (Å²) >= 11 is 0. The maximum Gasteiger partial charge on any atom is 0.174 e. The molecule has 170 valence electrons. The van der Waals surface area contributed by atoms with Gasteiger partial charge in [0, 0.05) is 44.0 Å². The number of allylic oxidation sites excluding steroid dienone is 2. The third kappa shape index (κ3) is 3.20. The van der Waals surface area contributed by atoms with Crippen LogP contribution >= 0.6 is 7.36 Å². The van der Waals surface area contributed by atoms with Crippen LogP contribution < -0.4 is 9.64 Å². The third-order valence-corrected chi connectivity index (χ3v) is 10.4. The van der Waals surface area contributed by atoms with Gasteiger partial charge >= 0.3 is 0 Å². The molecule has 2 aromatic rings. The molecule has 0 amide bonds. The standard InChI is InChI=1S/C25H34N5OP/c1-8-30(9-2)32(27-20-15-11-13-17-22(20)31-7)23(18-26-29(32)6)24-25(3,4)19-14-10-12-16-21(19)28(24)5/h10-18H,8-9H2,1-7H3/b24-23+/t32-/m0/s1. The monoisotopic (exact) mass is 451 g/mol. The summed E-state index contributed by atoms with van der Waals surface area (Å²) in [6, 6.07) is 16.7. The van der Waals surface area contributed by atoms with Crippen LogP contribution in [0, 0.1) is 0 Å². The number of rotatable bonds is 5. The van der Waals surface area contributed by atoms with E-state index in [9.17, 15) is 0 Å². The number of hydrogen-bond acceptors (Lipinski definition) is 4. The Kier molecular flexibility index (Phi) is 5.95. The van der Waals surface area contributed by atoms with Crippen LogP contribution in [0.2, 0.25) is 0 Å². The minimum Gasteiger partial charge on any atom is -0.494 e. The van der Waals surface area contributed by atoms with Gasteiger partial charge in [-0.25, -0.2) is 14.2 Å². The second-order valence-electron chi connectivity index (χ2n) is 8.65. The summed E-state index contributed by atoms with van der Waals surface area (Å²) < 4.78 is 15.7. The number of likely N-dealkylation sites (N-methyl/N-ethyl adjacent to an activating group) is 1. The summed E-state index contributed by atoms with van der Waals surface area (Å²) in [5.74, 6) is 0.783. The Bertz CT molecular complexity index is 1130. The number of para-hydroxylation sites is 2. The Balaban J connectivity index is 2.08. The summed E-state index contributed by atoms with van der Waals surface area (Å²) in [4.78, 5) is 2.34. The molecule has 32 heavy (non-hydrogen) atoms. The van der Waals surface area contributed by atoms with E-state index in [1.54, 1.807) is 7.11 Å². The van der Waals surface area contributed by atoms with E-state index >= 15 is 0 Å². The molecule has 1 atom stereocenters. The van der Waals surface area contributed by atoms with Crippen LogP contribution in [0.1, 0.15) is 33.3 Å². The van der Waals surface area contributed by atoms with Gasteiger partial charge in [-0.1, -0.05) is 58.0 Å². The summed E-state index contributed by atoms with van der Waals surface area (Å²) in [5.41, 5.74) is 4.56. The highest BCUT2D eigenvalue weighted by atomic mass is 31.2. The lowest BCUT2D eigenvalue weighted by Crippen LogP contribution is -2.30. The van der Waals surface area contributed by atoms with E-state index in [1.165, 1.54) is 22.3 Å². The van der Waals surface area contributed by atoms with Gasteiger partial charge in [-0.3, -0.25) is 0 Å². The van der Waals surface area contributed by atoms with Crippen molar-refractivity contribution in [2.75, 3.05) is 39.2 Å². The maximum absolute atomic E-state index is 5.68. The minimum atomic E-state index is -2.39. The van der Waals surface area contributed by atoms with Gasteiger partial charge < -0.3 is 9.64 Å². The van der Waals surface area contributed by atoms with Crippen LogP contribution in [0.5, 0.6) is 5.75 Å². The number of ether oxygens (including phenoxy) is 1. The number of hydrogen-bond donors (Lipinski definition) is 0. The van der Waals surface area contributed by atoms with E-state index in [0.29, 0.717) is 0 Å². The van der Waals surface area contributed by atoms with Crippen molar-refractivity contribution in [3.8, 4) is 5.75 Å². The SMILES string of the molecule is CCN(CC)[P@]1(=Nc2ccccc2OC)/C(=C2/N(C)c3ccccc3C2(C)C)C=NN1C. The molecule has 7 heteroatoms. The van der Waals surface area contributed by atoms with Crippen LogP contribution in [-0.2, 0) is 5.41 Å². The largest absolute Gasteiger partial charge is 0.494 e. The van der Waals surface area contributed by atoms with Gasteiger partial charge in [-0.05, 0) is 23.8 Å². The van der Waals surface area contributed by atoms with Gasteiger partial charge in [-0.15, -0.1) is 0 Å². The van der Waals surface area contributed by atoms with Crippen LogP contribution in [0.4, 0.5) is 11.4 Å². The number of methoxy groups -OCH3 is 1. The zero-order valence-corrected chi connectivity index (χ0v) is 21.1. The second-order valence-corrected chi connectivity index (χ2v) is 11.6. The van der Waals surface area contributed by atoms with Crippen molar-refractivity contribution in [1.82, 2.24) is 9.45 Å². The third-order valence-electron chi connectivity index (χ3n) is 6.64. The second kappa shape index (κ2) is 8.42. The highest BCUT2D eigenvalue weighted by Gasteiger charge is 2.47. The van der Waals surface area contributed by atoms with Crippen LogP contribution in [0.15, 0.2) is 69.4 Å². The van der Waals surface area contributed by atoms with Gasteiger partial charge in [0.05, 0.1) is 18.6 Å². The minimum absolute atomic E-state index is 0.160. The molecule has 4 rings (SSSR count). The molecule has 0 N–H and O–H groups in total. The Morgan fingerprint density at radius 3 is 2.34 bits per heavy atom. The van der Waals surface area contributed by atoms with E-state index in [1.807, 2.05) is 30.5 Å². The molecule has 0 radical (unpaired) electrons. The summed E-state index contributed by atoms with van der Waals surface area (Å²) in [5, 5.41) is 6.05. The Labute approximate surface area is 192 Å². The van der Waals surface area contributed by atoms with E-state index in [0.717, 1.165) is 24.5 Å². The van der Waals surface area contributed by atoms with E-state index < -0.39 is 7.36 Å². The van der Waals surface area contributed by atoms with Crippen molar-refractivity contribution < 1.29 is 4.74 Å². The molecular weight excluding hydrogens is 417 g/mol. The van der Waals surface area contributed by atoms with Crippen LogP contribution in [0.3, 0.4) is 0 Å². The van der Waals surface area contributed by atoms with Crippen molar-refractivity contribution in [3.63, 3.8) is 0 Å². The van der Waals surface area contributed by atoms with E-state index in [-0.39, 0.29) is 5.41 Å². The zero-order valence-electron chi connectivity index (χ0n) is 20.2. The number of benzene rings is 2. The summed E-state index contributed by atoms with van der Waals surface area (Å²) in [6.07, 6.45) is 2.05. The molecular formula is C25H34N5OP. The molecule has 2 aromatic carbocycles. The van der Waals surface area contributed by atoms with Crippen molar-refractivity contribution >= 4 is 24.9 Å². The lowest BCUT2D eigenvalue weighted by atomic mass is 9.84. The van der Waals surface area contributed by atoms with E-state index in [4.69, 9.17) is 14.6 Å². The first-order chi connectivity index (χ1) is 15.3. The molecule has 0 aromatic heterocycles. The lowest BCUT2D eigenvalue weighted by Gasteiger charge is -2.39. The zero-order chi connectivity index (χ0) is 23.1. The molecule has 0 fully saturated rings. The Morgan fingerprint density at radius 2 is 1.69 bits per heavy atom. The first-order valence-corrected chi connectivity index (χ1v) is 12.8. The molecule has 0 saturated heterocycles. The fourth-order valence-electron chi connectivity index (χ4n) is 5.10. The first kappa shape index (κ1) is 22.6. The first-order valence-electron chi connectivity index (χ1n) is 11.2. The van der Waals surface area contributed by atoms with Gasteiger partial charge in [0.15, 0.2) is 7.36 Å². The fourth-order valence-corrected chi connectivity index (χ4v) is 8.82. The summed E-state index contributed by atoms with van der Waals surface area (Å²) in [6.45, 7) is 10.8. The number of anilines is 1. The van der Waals surface area contributed by atoms with Gasteiger partial charge in [0.1, 0.15) is 11.4 Å².